The number of aliphatic hydroxyl groups is 3. The maximum Gasteiger partial charge on any atom is 0.183 e. The Morgan fingerprint density at radius 3 is 2.13 bits per heavy atom. The topological polar surface area (TPSA) is 79.2 Å². The van der Waals surface area contributed by atoms with Gasteiger partial charge in [0.2, 0.25) is 0 Å². The van der Waals surface area contributed by atoms with Crippen LogP contribution in [0.3, 0.4) is 0 Å². The smallest absolute Gasteiger partial charge is 0.183 e. The molecule has 0 bridgehead atoms. The van der Waals surface area contributed by atoms with Crippen LogP contribution in [0.4, 0.5) is 0 Å². The van der Waals surface area contributed by atoms with Crippen molar-refractivity contribution in [3.8, 4) is 0 Å². The molecule has 1 rings (SSSR count). The lowest BCUT2D eigenvalue weighted by molar-refractivity contribution is -0.292. The van der Waals surface area contributed by atoms with Gasteiger partial charge in [0.25, 0.3) is 0 Å². The van der Waals surface area contributed by atoms with E-state index < -0.39 is 36.3 Å². The minimum absolute atomic E-state index is 0.519. The van der Waals surface area contributed by atoms with Crippen LogP contribution in [-0.4, -0.2) is 51.6 Å². The standard InChI is InChI=1S/C10H18O5/c1-5-8(15-10(2,3)4)6(11)7(12)9(13)14-5/h1,5-9,11-13H,2-4H3. The summed E-state index contributed by atoms with van der Waals surface area (Å²) < 4.78 is 10.3. The van der Waals surface area contributed by atoms with Gasteiger partial charge in [-0.05, 0) is 27.7 Å². The molecule has 3 N–H and O–H groups in total. The molecule has 1 aliphatic heterocycles. The van der Waals surface area contributed by atoms with Gasteiger partial charge in [-0.1, -0.05) is 0 Å². The molecule has 0 aromatic heterocycles. The molecule has 5 nitrogen and oxygen atoms in total. The van der Waals surface area contributed by atoms with E-state index in [1.165, 1.54) is 0 Å². The van der Waals surface area contributed by atoms with Crippen LogP contribution in [0.5, 0.6) is 0 Å². The first kappa shape index (κ1) is 12.9. The Balaban J connectivity index is 2.70. The van der Waals surface area contributed by atoms with Gasteiger partial charge in [0.1, 0.15) is 18.3 Å². The van der Waals surface area contributed by atoms with Crippen LogP contribution < -0.4 is 0 Å². The van der Waals surface area contributed by atoms with Gasteiger partial charge in [0, 0.05) is 0 Å². The van der Waals surface area contributed by atoms with E-state index in [2.05, 4.69) is 0 Å². The molecule has 1 heterocycles. The molecule has 0 aromatic carbocycles. The molecule has 2 radical (unpaired) electrons. The fraction of sp³-hybridized carbons (Fsp3) is 0.900. The van der Waals surface area contributed by atoms with E-state index in [0.29, 0.717) is 0 Å². The van der Waals surface area contributed by atoms with Crippen LogP contribution >= 0.6 is 0 Å². The van der Waals surface area contributed by atoms with E-state index in [1.54, 1.807) is 20.8 Å². The summed E-state index contributed by atoms with van der Waals surface area (Å²) in [5, 5.41) is 28.2. The highest BCUT2D eigenvalue weighted by Crippen LogP contribution is 2.25. The third-order valence-corrected chi connectivity index (χ3v) is 2.09. The summed E-state index contributed by atoms with van der Waals surface area (Å²) in [6.07, 6.45) is -5.96. The fourth-order valence-electron chi connectivity index (χ4n) is 1.42. The second kappa shape index (κ2) is 4.35. The van der Waals surface area contributed by atoms with Crippen LogP contribution in [0, 0.1) is 6.92 Å². The van der Waals surface area contributed by atoms with Crippen LogP contribution in [0.25, 0.3) is 0 Å². The van der Waals surface area contributed by atoms with E-state index in [0.717, 1.165) is 0 Å². The predicted octanol–water partition coefficient (Wildman–Crippen LogP) is -0.680. The summed E-state index contributed by atoms with van der Waals surface area (Å²) in [7, 11) is 0. The first-order valence-electron chi connectivity index (χ1n) is 4.85. The second-order valence-corrected chi connectivity index (χ2v) is 4.67. The molecule has 1 saturated heterocycles. The summed E-state index contributed by atoms with van der Waals surface area (Å²) in [5.74, 6) is 0. The van der Waals surface area contributed by atoms with Crippen molar-refractivity contribution < 1.29 is 24.8 Å². The molecule has 15 heavy (non-hydrogen) atoms. The molecule has 1 aliphatic rings. The summed E-state index contributed by atoms with van der Waals surface area (Å²) in [6, 6.07) is 0. The molecular weight excluding hydrogens is 200 g/mol. The molecule has 5 heteroatoms. The van der Waals surface area contributed by atoms with Crippen molar-refractivity contribution in [3.05, 3.63) is 6.92 Å². The van der Waals surface area contributed by atoms with E-state index in [9.17, 15) is 10.2 Å². The minimum Gasteiger partial charge on any atom is -0.387 e. The predicted molar refractivity (Wildman–Crippen MR) is 51.8 cm³/mol. The van der Waals surface area contributed by atoms with Crippen molar-refractivity contribution in [1.82, 2.24) is 0 Å². The maximum absolute atomic E-state index is 9.65. The van der Waals surface area contributed by atoms with Crippen LogP contribution in [0.15, 0.2) is 0 Å². The summed E-state index contributed by atoms with van der Waals surface area (Å²) >= 11 is 0. The van der Waals surface area contributed by atoms with Gasteiger partial charge in [-0.25, -0.2) is 0 Å². The molecule has 88 valence electrons. The fourth-order valence-corrected chi connectivity index (χ4v) is 1.42. The zero-order chi connectivity index (χ0) is 11.8. The van der Waals surface area contributed by atoms with Gasteiger partial charge in [0.15, 0.2) is 6.29 Å². The molecular formula is C10H18O5. The molecule has 1 fully saturated rings. The summed E-state index contributed by atoms with van der Waals surface area (Å²) in [6.45, 7) is 10.9. The lowest BCUT2D eigenvalue weighted by Crippen LogP contribution is -2.59. The minimum atomic E-state index is -1.48. The highest BCUT2D eigenvalue weighted by atomic mass is 16.6. The van der Waals surface area contributed by atoms with Crippen molar-refractivity contribution in [2.75, 3.05) is 0 Å². The average molecular weight is 218 g/mol. The molecule has 0 aromatic rings. The quantitative estimate of drug-likeness (QED) is 0.543. The van der Waals surface area contributed by atoms with Crippen molar-refractivity contribution in [2.45, 2.75) is 57.1 Å². The van der Waals surface area contributed by atoms with Gasteiger partial charge in [-0.3, -0.25) is 0 Å². The highest BCUT2D eigenvalue weighted by Gasteiger charge is 2.44. The van der Waals surface area contributed by atoms with Gasteiger partial charge in [-0.2, -0.15) is 0 Å². The number of hydrogen-bond donors (Lipinski definition) is 3. The van der Waals surface area contributed by atoms with Crippen molar-refractivity contribution in [1.29, 1.82) is 0 Å². The zero-order valence-electron chi connectivity index (χ0n) is 9.12. The van der Waals surface area contributed by atoms with Crippen molar-refractivity contribution in [3.63, 3.8) is 0 Å². The van der Waals surface area contributed by atoms with Crippen LogP contribution in [0.1, 0.15) is 20.8 Å². The van der Waals surface area contributed by atoms with Crippen molar-refractivity contribution >= 4 is 0 Å². The monoisotopic (exact) mass is 218 g/mol. The number of ether oxygens (including phenoxy) is 2. The maximum atomic E-state index is 9.65. The largest absolute Gasteiger partial charge is 0.387 e. The van der Waals surface area contributed by atoms with E-state index in [1.807, 2.05) is 0 Å². The van der Waals surface area contributed by atoms with Crippen molar-refractivity contribution in [2.24, 2.45) is 0 Å². The molecule has 0 amide bonds. The molecule has 5 atom stereocenters. The Kier molecular flexibility index (Phi) is 3.73. The second-order valence-electron chi connectivity index (χ2n) is 4.67. The SMILES string of the molecule is [CH]C1OC(O)C(O)C(O)C1OC(C)(C)C. The zero-order valence-corrected chi connectivity index (χ0v) is 9.12. The first-order chi connectivity index (χ1) is 6.72. The van der Waals surface area contributed by atoms with E-state index in [-0.39, 0.29) is 0 Å². The van der Waals surface area contributed by atoms with E-state index >= 15 is 0 Å². The van der Waals surface area contributed by atoms with E-state index in [4.69, 9.17) is 21.5 Å². The molecule has 0 saturated carbocycles. The Hall–Kier alpha value is -0.200. The Morgan fingerprint density at radius 2 is 1.67 bits per heavy atom. The molecule has 0 spiro atoms. The Bertz CT molecular complexity index is 212. The highest BCUT2D eigenvalue weighted by molar-refractivity contribution is 4.92. The van der Waals surface area contributed by atoms with Crippen LogP contribution in [-0.2, 0) is 9.47 Å². The summed E-state index contributed by atoms with van der Waals surface area (Å²) in [4.78, 5) is 0. The average Bonchev–Trinajstić information content (AvgIpc) is 2.07. The van der Waals surface area contributed by atoms with Gasteiger partial charge >= 0.3 is 0 Å². The van der Waals surface area contributed by atoms with Gasteiger partial charge in [-0.15, -0.1) is 0 Å². The lowest BCUT2D eigenvalue weighted by Gasteiger charge is -2.41. The number of rotatable bonds is 1. The molecule has 0 aliphatic carbocycles. The number of hydrogen-bond acceptors (Lipinski definition) is 5. The van der Waals surface area contributed by atoms with Gasteiger partial charge in [0.05, 0.1) is 11.7 Å². The third kappa shape index (κ3) is 3.12. The summed E-state index contributed by atoms with van der Waals surface area (Å²) in [5.41, 5.74) is -0.519. The molecule has 5 unspecified atom stereocenters. The Labute approximate surface area is 89.6 Å². The lowest BCUT2D eigenvalue weighted by atomic mass is 9.98. The first-order valence-corrected chi connectivity index (χ1v) is 4.85. The normalized spacial score (nSPS) is 43.0. The van der Waals surface area contributed by atoms with Crippen LogP contribution in [0.2, 0.25) is 0 Å². The Morgan fingerprint density at radius 1 is 1.13 bits per heavy atom. The third-order valence-electron chi connectivity index (χ3n) is 2.09. The number of aliphatic hydroxyl groups excluding tert-OH is 3. The van der Waals surface area contributed by atoms with Gasteiger partial charge < -0.3 is 24.8 Å².